The lowest BCUT2D eigenvalue weighted by molar-refractivity contribution is 0.101. The highest BCUT2D eigenvalue weighted by Crippen LogP contribution is 2.22. The van der Waals surface area contributed by atoms with E-state index in [2.05, 4.69) is 30.8 Å². The van der Waals surface area contributed by atoms with E-state index in [0.717, 1.165) is 9.74 Å². The zero-order chi connectivity index (χ0) is 19.5. The molecule has 0 fully saturated rings. The maximum Gasteiger partial charge on any atom is 0.280 e. The van der Waals surface area contributed by atoms with Gasteiger partial charge in [0.2, 0.25) is 5.65 Å². The predicted octanol–water partition coefficient (Wildman–Crippen LogP) is 2.74. The SMILES string of the molecule is CSc1cccc(NC(=O)c2cc(C)nnc2On2nnc3cccnc32)c1. The third-order valence-corrected chi connectivity index (χ3v) is 4.53. The molecule has 1 amide bonds. The van der Waals surface area contributed by atoms with Crippen LogP contribution < -0.4 is 10.2 Å². The van der Waals surface area contributed by atoms with Gasteiger partial charge >= 0.3 is 0 Å². The van der Waals surface area contributed by atoms with E-state index in [-0.39, 0.29) is 17.4 Å². The number of hydrogen-bond donors (Lipinski definition) is 1. The lowest BCUT2D eigenvalue weighted by Crippen LogP contribution is -2.18. The third-order valence-electron chi connectivity index (χ3n) is 3.81. The van der Waals surface area contributed by atoms with Crippen LogP contribution in [0.5, 0.6) is 5.88 Å². The van der Waals surface area contributed by atoms with E-state index in [1.807, 2.05) is 30.5 Å². The van der Waals surface area contributed by atoms with E-state index in [0.29, 0.717) is 22.5 Å². The quantitative estimate of drug-likeness (QED) is 0.516. The highest BCUT2D eigenvalue weighted by molar-refractivity contribution is 7.98. The number of aromatic nitrogens is 6. The zero-order valence-electron chi connectivity index (χ0n) is 15.0. The Kier molecular flexibility index (Phi) is 4.85. The Morgan fingerprint density at radius 1 is 1.14 bits per heavy atom. The van der Waals surface area contributed by atoms with Crippen LogP contribution in [0.25, 0.3) is 11.2 Å². The maximum atomic E-state index is 12.9. The molecule has 1 aromatic carbocycles. The van der Waals surface area contributed by atoms with Crippen LogP contribution in [-0.2, 0) is 0 Å². The van der Waals surface area contributed by atoms with E-state index in [9.17, 15) is 4.79 Å². The number of pyridine rings is 1. The van der Waals surface area contributed by atoms with Crippen molar-refractivity contribution in [3.05, 3.63) is 59.9 Å². The second-order valence-corrected chi connectivity index (χ2v) is 6.67. The minimum atomic E-state index is -0.372. The molecule has 0 bridgehead atoms. The summed E-state index contributed by atoms with van der Waals surface area (Å²) in [5.41, 5.74) is 2.44. The standard InChI is InChI=1S/C18H15N7O2S/c1-11-9-14(17(26)20-12-5-3-6-13(10-12)28-2)18(23-21-11)27-25-16-15(22-24-25)7-4-8-19-16/h3-10H,1-2H3,(H,20,26). The summed E-state index contributed by atoms with van der Waals surface area (Å²) in [4.78, 5) is 24.8. The molecule has 10 heteroatoms. The summed E-state index contributed by atoms with van der Waals surface area (Å²) in [7, 11) is 0. The van der Waals surface area contributed by atoms with Crippen LogP contribution in [0.1, 0.15) is 16.1 Å². The van der Waals surface area contributed by atoms with Gasteiger partial charge in [0.05, 0.1) is 5.69 Å². The molecule has 140 valence electrons. The first-order chi connectivity index (χ1) is 13.6. The minimum Gasteiger partial charge on any atom is -0.331 e. The molecular weight excluding hydrogens is 378 g/mol. The number of carbonyl (C=O) groups is 1. The number of thioether (sulfide) groups is 1. The number of aryl methyl sites for hydroxylation is 1. The Morgan fingerprint density at radius 2 is 2.04 bits per heavy atom. The molecule has 28 heavy (non-hydrogen) atoms. The summed E-state index contributed by atoms with van der Waals surface area (Å²) in [5, 5.41) is 18.7. The first-order valence-electron chi connectivity index (χ1n) is 8.28. The lowest BCUT2D eigenvalue weighted by atomic mass is 10.2. The van der Waals surface area contributed by atoms with Crippen LogP contribution in [-0.4, -0.2) is 42.5 Å². The average molecular weight is 393 g/mol. The van der Waals surface area contributed by atoms with Crippen LogP contribution in [0.4, 0.5) is 5.69 Å². The molecule has 0 saturated carbocycles. The van der Waals surface area contributed by atoms with Gasteiger partial charge in [0.15, 0.2) is 0 Å². The van der Waals surface area contributed by atoms with E-state index >= 15 is 0 Å². The predicted molar refractivity (Wildman–Crippen MR) is 104 cm³/mol. The largest absolute Gasteiger partial charge is 0.331 e. The van der Waals surface area contributed by atoms with Crippen LogP contribution in [0.15, 0.2) is 53.6 Å². The van der Waals surface area contributed by atoms with Crippen molar-refractivity contribution in [2.75, 3.05) is 11.6 Å². The van der Waals surface area contributed by atoms with Crippen molar-refractivity contribution in [1.82, 2.24) is 30.3 Å². The van der Waals surface area contributed by atoms with Gasteiger partial charge < -0.3 is 10.2 Å². The van der Waals surface area contributed by atoms with Gasteiger partial charge in [-0.15, -0.1) is 22.0 Å². The van der Waals surface area contributed by atoms with Crippen molar-refractivity contribution in [3.63, 3.8) is 0 Å². The fourth-order valence-corrected chi connectivity index (χ4v) is 2.95. The van der Waals surface area contributed by atoms with E-state index in [1.54, 1.807) is 43.1 Å². The highest BCUT2D eigenvalue weighted by atomic mass is 32.2. The maximum absolute atomic E-state index is 12.9. The topological polar surface area (TPSA) is 108 Å². The van der Waals surface area contributed by atoms with Crippen molar-refractivity contribution in [2.24, 2.45) is 0 Å². The molecule has 4 aromatic rings. The van der Waals surface area contributed by atoms with Gasteiger partial charge in [-0.2, -0.15) is 5.10 Å². The average Bonchev–Trinajstić information content (AvgIpc) is 3.12. The number of carbonyl (C=O) groups excluding carboxylic acids is 1. The molecule has 0 aliphatic carbocycles. The van der Waals surface area contributed by atoms with Gasteiger partial charge in [-0.25, -0.2) is 4.98 Å². The summed E-state index contributed by atoms with van der Waals surface area (Å²) in [5.74, 6) is -0.370. The molecule has 4 rings (SSSR count). The summed E-state index contributed by atoms with van der Waals surface area (Å²) in [6.07, 6.45) is 3.57. The highest BCUT2D eigenvalue weighted by Gasteiger charge is 2.19. The molecule has 3 heterocycles. The monoisotopic (exact) mass is 393 g/mol. The molecule has 0 saturated heterocycles. The summed E-state index contributed by atoms with van der Waals surface area (Å²) in [6, 6.07) is 12.6. The molecule has 1 N–H and O–H groups in total. The van der Waals surface area contributed by atoms with Crippen molar-refractivity contribution in [2.45, 2.75) is 11.8 Å². The van der Waals surface area contributed by atoms with E-state index in [4.69, 9.17) is 4.84 Å². The molecule has 0 radical (unpaired) electrons. The number of anilines is 1. The minimum absolute atomic E-state index is 0.00146. The number of benzene rings is 1. The van der Waals surface area contributed by atoms with Gasteiger partial charge in [-0.3, -0.25) is 4.79 Å². The Hall–Kier alpha value is -3.53. The molecule has 0 aliphatic heterocycles. The van der Waals surface area contributed by atoms with Gasteiger partial charge in [0.25, 0.3) is 11.8 Å². The van der Waals surface area contributed by atoms with Crippen molar-refractivity contribution < 1.29 is 9.63 Å². The molecule has 9 nitrogen and oxygen atoms in total. The molecular formula is C18H15N7O2S. The van der Waals surface area contributed by atoms with Crippen molar-refractivity contribution >= 4 is 34.5 Å². The van der Waals surface area contributed by atoms with Crippen molar-refractivity contribution in [1.29, 1.82) is 0 Å². The van der Waals surface area contributed by atoms with Gasteiger partial charge in [-0.1, -0.05) is 10.9 Å². The van der Waals surface area contributed by atoms with Crippen LogP contribution in [0, 0.1) is 6.92 Å². The Morgan fingerprint density at radius 3 is 2.89 bits per heavy atom. The second kappa shape index (κ2) is 7.61. The molecule has 0 aliphatic rings. The van der Waals surface area contributed by atoms with Crippen LogP contribution >= 0.6 is 11.8 Å². The first kappa shape index (κ1) is 17.9. The zero-order valence-corrected chi connectivity index (χ0v) is 15.8. The fourth-order valence-electron chi connectivity index (χ4n) is 2.50. The number of nitrogens with one attached hydrogen (secondary N) is 1. The number of rotatable bonds is 5. The van der Waals surface area contributed by atoms with Crippen LogP contribution in [0.3, 0.4) is 0 Å². The summed E-state index contributed by atoms with van der Waals surface area (Å²) >= 11 is 1.59. The summed E-state index contributed by atoms with van der Waals surface area (Å²) in [6.45, 7) is 1.74. The molecule has 0 spiro atoms. The van der Waals surface area contributed by atoms with Gasteiger partial charge in [0, 0.05) is 16.8 Å². The Bertz CT molecular complexity index is 1160. The number of fused-ring (bicyclic) bond motifs is 1. The number of hydrogen-bond acceptors (Lipinski definition) is 8. The van der Waals surface area contributed by atoms with E-state index < -0.39 is 0 Å². The van der Waals surface area contributed by atoms with Crippen LogP contribution in [0.2, 0.25) is 0 Å². The van der Waals surface area contributed by atoms with Gasteiger partial charge in [-0.05, 0) is 54.8 Å². The Labute approximate surface area is 164 Å². The smallest absolute Gasteiger partial charge is 0.280 e. The number of amides is 1. The third kappa shape index (κ3) is 3.62. The molecule has 0 unspecified atom stereocenters. The fraction of sp³-hybridized carbons (Fsp3) is 0.111. The summed E-state index contributed by atoms with van der Waals surface area (Å²) < 4.78 is 0. The second-order valence-electron chi connectivity index (χ2n) is 5.79. The molecule has 3 aromatic heterocycles. The van der Waals surface area contributed by atoms with Gasteiger partial charge in [0.1, 0.15) is 11.1 Å². The lowest BCUT2D eigenvalue weighted by Gasteiger charge is -2.10. The number of nitrogens with zero attached hydrogens (tertiary/aromatic N) is 6. The van der Waals surface area contributed by atoms with Crippen molar-refractivity contribution in [3.8, 4) is 5.88 Å². The first-order valence-corrected chi connectivity index (χ1v) is 9.51. The normalized spacial score (nSPS) is 10.8. The Balaban J connectivity index is 1.65. The van der Waals surface area contributed by atoms with E-state index in [1.165, 1.54) is 0 Å². The molecule has 0 atom stereocenters.